The molecule has 0 aromatic heterocycles. The van der Waals surface area contributed by atoms with E-state index in [1.165, 1.54) is 12.1 Å². The van der Waals surface area contributed by atoms with E-state index in [-0.39, 0.29) is 20.1 Å². The Morgan fingerprint density at radius 2 is 1.76 bits per heavy atom. The molecule has 0 unspecified atom stereocenters. The molecule has 0 spiro atoms. The lowest BCUT2D eigenvalue weighted by Gasteiger charge is -2.13. The van der Waals surface area contributed by atoms with Gasteiger partial charge in [-0.05, 0) is 56.1 Å². The van der Waals surface area contributed by atoms with Gasteiger partial charge in [0.25, 0.3) is 10.0 Å². The number of nitrogen functional groups attached to an aromatic ring is 1. The van der Waals surface area contributed by atoms with Crippen molar-refractivity contribution in [2.75, 3.05) is 10.5 Å². The summed E-state index contributed by atoms with van der Waals surface area (Å²) in [6.07, 6.45) is 0. The lowest BCUT2D eigenvalue weighted by atomic mass is 10.3. The minimum absolute atomic E-state index is 0.0561. The molecule has 0 saturated heterocycles. The van der Waals surface area contributed by atoms with Gasteiger partial charge in [-0.25, -0.2) is 8.42 Å². The Morgan fingerprint density at radius 1 is 1.10 bits per heavy atom. The summed E-state index contributed by atoms with van der Waals surface area (Å²) >= 11 is 18.2. The van der Waals surface area contributed by atoms with Gasteiger partial charge in [0.05, 0.1) is 19.7 Å². The van der Waals surface area contributed by atoms with Crippen LogP contribution in [0.25, 0.3) is 0 Å². The number of nitrogens with two attached hydrogens (primary N) is 1. The van der Waals surface area contributed by atoms with Gasteiger partial charge in [0.2, 0.25) is 0 Å². The van der Waals surface area contributed by atoms with E-state index in [4.69, 9.17) is 28.9 Å². The molecular weight excluding hydrogens is 467 g/mol. The second-order valence-corrected chi connectivity index (χ2v) is 8.09. The van der Waals surface area contributed by atoms with E-state index >= 15 is 0 Å². The minimum atomic E-state index is -3.88. The van der Waals surface area contributed by atoms with Crippen LogP contribution in [0.3, 0.4) is 0 Å². The van der Waals surface area contributed by atoms with Gasteiger partial charge >= 0.3 is 0 Å². The predicted molar refractivity (Wildman–Crippen MR) is 93.5 cm³/mol. The van der Waals surface area contributed by atoms with E-state index in [9.17, 15) is 8.42 Å². The molecule has 3 N–H and O–H groups in total. The zero-order valence-electron chi connectivity index (χ0n) is 10.2. The summed E-state index contributed by atoms with van der Waals surface area (Å²) in [5, 5.41) is 0.612. The van der Waals surface area contributed by atoms with Crippen molar-refractivity contribution in [3.8, 4) is 0 Å². The highest BCUT2D eigenvalue weighted by molar-refractivity contribution is 9.11. The number of benzene rings is 2. The summed E-state index contributed by atoms with van der Waals surface area (Å²) in [6, 6.07) is 7.61. The van der Waals surface area contributed by atoms with E-state index in [1.54, 1.807) is 18.2 Å². The summed E-state index contributed by atoms with van der Waals surface area (Å²) in [5.41, 5.74) is 6.25. The molecule has 0 bridgehead atoms. The topological polar surface area (TPSA) is 72.2 Å². The number of hydrogen-bond donors (Lipinski definition) is 2. The molecule has 0 aliphatic heterocycles. The fourth-order valence-electron chi connectivity index (χ4n) is 1.56. The first-order valence-corrected chi connectivity index (χ1v) is 9.26. The van der Waals surface area contributed by atoms with Crippen molar-refractivity contribution >= 4 is 76.5 Å². The smallest absolute Gasteiger partial charge is 0.263 e. The molecule has 0 saturated carbocycles. The van der Waals surface area contributed by atoms with Gasteiger partial charge < -0.3 is 5.73 Å². The van der Waals surface area contributed by atoms with Crippen LogP contribution in [0.4, 0.5) is 11.4 Å². The first-order chi connectivity index (χ1) is 9.72. The molecule has 4 nitrogen and oxygen atoms in total. The Bertz CT molecular complexity index is 813. The van der Waals surface area contributed by atoms with Gasteiger partial charge in [0.1, 0.15) is 4.90 Å². The van der Waals surface area contributed by atoms with Gasteiger partial charge in [-0.15, -0.1) is 0 Å². The van der Waals surface area contributed by atoms with E-state index in [0.717, 1.165) is 0 Å². The van der Waals surface area contributed by atoms with Crippen molar-refractivity contribution in [1.29, 1.82) is 0 Å². The molecule has 0 heterocycles. The second-order valence-electron chi connectivity index (χ2n) is 4.01. The molecule has 0 aliphatic rings. The predicted octanol–water partition coefficient (Wildman–Crippen LogP) is 4.90. The molecule has 0 aliphatic carbocycles. The molecule has 2 aromatic carbocycles. The summed E-state index contributed by atoms with van der Waals surface area (Å²) in [7, 11) is -3.88. The van der Waals surface area contributed by atoms with Crippen molar-refractivity contribution < 1.29 is 8.42 Å². The maximum atomic E-state index is 12.5. The minimum Gasteiger partial charge on any atom is -0.398 e. The van der Waals surface area contributed by atoms with Gasteiger partial charge in [0, 0.05) is 10.7 Å². The third-order valence-corrected chi connectivity index (χ3v) is 6.67. The van der Waals surface area contributed by atoms with E-state index < -0.39 is 10.0 Å². The highest BCUT2D eigenvalue weighted by Crippen LogP contribution is 2.35. The number of nitrogens with one attached hydrogen (secondary N) is 1. The zero-order valence-corrected chi connectivity index (χ0v) is 15.7. The fraction of sp³-hybridized carbons (Fsp3) is 0. The van der Waals surface area contributed by atoms with Crippen molar-refractivity contribution in [3.05, 3.63) is 49.3 Å². The number of sulfonamides is 1. The number of hydrogen-bond acceptors (Lipinski definition) is 3. The van der Waals surface area contributed by atoms with Crippen LogP contribution < -0.4 is 10.5 Å². The van der Waals surface area contributed by atoms with Gasteiger partial charge in [0.15, 0.2) is 0 Å². The summed E-state index contributed by atoms with van der Waals surface area (Å²) < 4.78 is 28.1. The van der Waals surface area contributed by atoms with Crippen LogP contribution in [0.15, 0.2) is 44.2 Å². The molecule has 21 heavy (non-hydrogen) atoms. The Hall–Kier alpha value is -0.470. The van der Waals surface area contributed by atoms with Crippen LogP contribution >= 0.6 is 55.1 Å². The molecule has 0 fully saturated rings. The van der Waals surface area contributed by atoms with Crippen molar-refractivity contribution in [2.45, 2.75) is 4.90 Å². The van der Waals surface area contributed by atoms with E-state index in [2.05, 4.69) is 36.6 Å². The molecule has 112 valence electrons. The van der Waals surface area contributed by atoms with Crippen molar-refractivity contribution in [3.63, 3.8) is 0 Å². The van der Waals surface area contributed by atoms with Crippen LogP contribution in [0, 0.1) is 0 Å². The van der Waals surface area contributed by atoms with E-state index in [1.807, 2.05) is 0 Å². The van der Waals surface area contributed by atoms with Crippen LogP contribution in [0.5, 0.6) is 0 Å². The third-order valence-electron chi connectivity index (χ3n) is 2.52. The standard InChI is InChI=1S/C12H8Br2Cl2N2O2S/c13-11-7(16)2-1-3-9(11)18-21(19,20)10-5-6(15)4-8(17)12(10)14/h1-5,18H,17H2. The SMILES string of the molecule is Nc1cc(Cl)cc(S(=O)(=O)Nc2cccc(Cl)c2Br)c1Br. The number of rotatable bonds is 3. The number of halogens is 4. The van der Waals surface area contributed by atoms with Gasteiger partial charge in [-0.1, -0.05) is 29.3 Å². The fourth-order valence-corrected chi connectivity index (χ4v) is 4.60. The zero-order chi connectivity index (χ0) is 15.8. The third kappa shape index (κ3) is 3.65. The lowest BCUT2D eigenvalue weighted by molar-refractivity contribution is 0.601. The first kappa shape index (κ1) is 16.9. The molecule has 2 rings (SSSR count). The molecule has 0 amide bonds. The Kier molecular flexibility index (Phi) is 5.10. The Balaban J connectivity index is 2.51. The average Bonchev–Trinajstić information content (AvgIpc) is 2.39. The van der Waals surface area contributed by atoms with E-state index in [0.29, 0.717) is 15.2 Å². The first-order valence-electron chi connectivity index (χ1n) is 5.43. The quantitative estimate of drug-likeness (QED) is 0.621. The number of anilines is 2. The van der Waals surface area contributed by atoms with Crippen LogP contribution in [-0.2, 0) is 10.0 Å². The molecular formula is C12H8Br2Cl2N2O2S. The summed E-state index contributed by atoms with van der Waals surface area (Å²) in [5.74, 6) is 0. The maximum Gasteiger partial charge on any atom is 0.263 e. The monoisotopic (exact) mass is 472 g/mol. The highest BCUT2D eigenvalue weighted by atomic mass is 79.9. The largest absolute Gasteiger partial charge is 0.398 e. The summed E-state index contributed by atoms with van der Waals surface area (Å²) in [4.78, 5) is -0.0561. The molecule has 0 atom stereocenters. The Morgan fingerprint density at radius 3 is 2.43 bits per heavy atom. The molecule has 0 radical (unpaired) electrons. The van der Waals surface area contributed by atoms with Crippen molar-refractivity contribution in [2.24, 2.45) is 0 Å². The van der Waals surface area contributed by atoms with Gasteiger partial charge in [-0.3, -0.25) is 4.72 Å². The van der Waals surface area contributed by atoms with Gasteiger partial charge in [-0.2, -0.15) is 0 Å². The Labute approximate surface area is 148 Å². The normalized spacial score (nSPS) is 11.4. The van der Waals surface area contributed by atoms with Crippen LogP contribution in [0.2, 0.25) is 10.0 Å². The average molecular weight is 475 g/mol. The lowest BCUT2D eigenvalue weighted by Crippen LogP contribution is -2.14. The molecule has 9 heteroatoms. The maximum absolute atomic E-state index is 12.5. The van der Waals surface area contributed by atoms with Crippen molar-refractivity contribution in [1.82, 2.24) is 0 Å². The molecule has 2 aromatic rings. The highest BCUT2D eigenvalue weighted by Gasteiger charge is 2.21. The second kappa shape index (κ2) is 6.34. The summed E-state index contributed by atoms with van der Waals surface area (Å²) in [6.45, 7) is 0. The van der Waals surface area contributed by atoms with Crippen LogP contribution in [-0.4, -0.2) is 8.42 Å². The van der Waals surface area contributed by atoms with Crippen LogP contribution in [0.1, 0.15) is 0 Å².